The molecule has 0 aromatic carbocycles. The number of hydrogen-bond acceptors (Lipinski definition) is 1. The van der Waals surface area contributed by atoms with E-state index in [9.17, 15) is 0 Å². The Morgan fingerprint density at radius 1 is 1.83 bits per heavy atom. The Morgan fingerprint density at radius 2 is 2.33 bits per heavy atom. The SMILES string of the molecule is Br.C=CCOC. The summed E-state index contributed by atoms with van der Waals surface area (Å²) in [7, 11) is 1.64. The molecule has 0 aromatic rings. The van der Waals surface area contributed by atoms with Crippen LogP contribution in [0.15, 0.2) is 12.7 Å². The molecule has 0 unspecified atom stereocenters. The fourth-order valence-corrected chi connectivity index (χ4v) is 0.118. The predicted molar refractivity (Wildman–Crippen MR) is 32.4 cm³/mol. The van der Waals surface area contributed by atoms with E-state index < -0.39 is 0 Å². The maximum atomic E-state index is 4.57. The highest BCUT2D eigenvalue weighted by molar-refractivity contribution is 8.93. The molecule has 0 aliphatic carbocycles. The molecular formula is C4H9BrO. The van der Waals surface area contributed by atoms with E-state index in [1.54, 1.807) is 13.2 Å². The first-order chi connectivity index (χ1) is 2.41. The van der Waals surface area contributed by atoms with Crippen molar-refractivity contribution in [3.8, 4) is 0 Å². The lowest BCUT2D eigenvalue weighted by atomic mass is 10.7. The van der Waals surface area contributed by atoms with Crippen molar-refractivity contribution in [1.29, 1.82) is 0 Å². The van der Waals surface area contributed by atoms with Gasteiger partial charge in [0.1, 0.15) is 0 Å². The third-order valence-electron chi connectivity index (χ3n) is 0.285. The standard InChI is InChI=1S/C4H8O.BrH/c1-3-4-5-2;/h3H,1,4H2,2H3;1H. The average molecular weight is 153 g/mol. The predicted octanol–water partition coefficient (Wildman–Crippen LogP) is 1.40. The van der Waals surface area contributed by atoms with Gasteiger partial charge < -0.3 is 4.74 Å². The van der Waals surface area contributed by atoms with Gasteiger partial charge in [-0.25, -0.2) is 0 Å². The quantitative estimate of drug-likeness (QED) is 0.544. The van der Waals surface area contributed by atoms with Crippen LogP contribution >= 0.6 is 17.0 Å². The van der Waals surface area contributed by atoms with Gasteiger partial charge in [-0.05, 0) is 0 Å². The van der Waals surface area contributed by atoms with Crippen LogP contribution in [-0.4, -0.2) is 13.7 Å². The molecule has 0 bridgehead atoms. The van der Waals surface area contributed by atoms with Gasteiger partial charge in [-0.1, -0.05) is 6.08 Å². The highest BCUT2D eigenvalue weighted by atomic mass is 79.9. The van der Waals surface area contributed by atoms with Crippen LogP contribution in [0.25, 0.3) is 0 Å². The monoisotopic (exact) mass is 152 g/mol. The van der Waals surface area contributed by atoms with E-state index in [2.05, 4.69) is 11.3 Å². The highest BCUT2D eigenvalue weighted by Crippen LogP contribution is 1.60. The van der Waals surface area contributed by atoms with E-state index in [1.165, 1.54) is 0 Å². The van der Waals surface area contributed by atoms with Crippen molar-refractivity contribution in [1.82, 2.24) is 0 Å². The molecule has 0 aliphatic heterocycles. The second-order valence-corrected chi connectivity index (χ2v) is 0.744. The lowest BCUT2D eigenvalue weighted by Gasteiger charge is -1.79. The zero-order valence-corrected chi connectivity index (χ0v) is 5.52. The Labute approximate surface area is 48.8 Å². The van der Waals surface area contributed by atoms with Gasteiger partial charge >= 0.3 is 0 Å². The first kappa shape index (κ1) is 9.49. The summed E-state index contributed by atoms with van der Waals surface area (Å²) in [6.07, 6.45) is 1.71. The molecular weight excluding hydrogens is 144 g/mol. The first-order valence-electron chi connectivity index (χ1n) is 1.51. The minimum absolute atomic E-state index is 0. The summed E-state index contributed by atoms with van der Waals surface area (Å²) in [6, 6.07) is 0. The zero-order chi connectivity index (χ0) is 4.12. The second-order valence-electron chi connectivity index (χ2n) is 0.744. The molecule has 0 spiro atoms. The zero-order valence-electron chi connectivity index (χ0n) is 3.81. The molecule has 0 heterocycles. The van der Waals surface area contributed by atoms with Crippen molar-refractivity contribution in [3.63, 3.8) is 0 Å². The van der Waals surface area contributed by atoms with Crippen LogP contribution in [0.3, 0.4) is 0 Å². The van der Waals surface area contributed by atoms with Crippen LogP contribution in [0.5, 0.6) is 0 Å². The topological polar surface area (TPSA) is 9.23 Å². The molecule has 0 N–H and O–H groups in total. The summed E-state index contributed by atoms with van der Waals surface area (Å²) in [5.74, 6) is 0. The Kier molecular flexibility index (Phi) is 14.2. The minimum Gasteiger partial charge on any atom is -0.381 e. The van der Waals surface area contributed by atoms with Crippen LogP contribution in [0.2, 0.25) is 0 Å². The molecule has 0 fully saturated rings. The third kappa shape index (κ3) is 8.89. The maximum Gasteiger partial charge on any atom is 0.0641 e. The van der Waals surface area contributed by atoms with Crippen molar-refractivity contribution in [2.24, 2.45) is 0 Å². The van der Waals surface area contributed by atoms with E-state index in [-0.39, 0.29) is 17.0 Å². The fraction of sp³-hybridized carbons (Fsp3) is 0.500. The fourth-order valence-electron chi connectivity index (χ4n) is 0.118. The molecule has 0 amide bonds. The van der Waals surface area contributed by atoms with E-state index in [4.69, 9.17) is 0 Å². The summed E-state index contributed by atoms with van der Waals surface area (Å²) in [5, 5.41) is 0. The number of methoxy groups -OCH3 is 1. The molecule has 0 saturated heterocycles. The van der Waals surface area contributed by atoms with E-state index >= 15 is 0 Å². The molecule has 6 heavy (non-hydrogen) atoms. The van der Waals surface area contributed by atoms with Crippen LogP contribution < -0.4 is 0 Å². The minimum atomic E-state index is 0. The molecule has 0 aromatic heterocycles. The van der Waals surface area contributed by atoms with Gasteiger partial charge in [-0.2, -0.15) is 0 Å². The van der Waals surface area contributed by atoms with Crippen molar-refractivity contribution in [2.75, 3.05) is 13.7 Å². The molecule has 0 saturated carbocycles. The third-order valence-corrected chi connectivity index (χ3v) is 0.285. The number of hydrogen-bond donors (Lipinski definition) is 0. The van der Waals surface area contributed by atoms with Crippen molar-refractivity contribution in [2.45, 2.75) is 0 Å². The van der Waals surface area contributed by atoms with Crippen molar-refractivity contribution in [3.05, 3.63) is 12.7 Å². The molecule has 1 nitrogen and oxygen atoms in total. The van der Waals surface area contributed by atoms with Gasteiger partial charge in [0.2, 0.25) is 0 Å². The van der Waals surface area contributed by atoms with Gasteiger partial charge in [0.25, 0.3) is 0 Å². The average Bonchev–Trinajstić information content (AvgIpc) is 1.41. The molecule has 0 atom stereocenters. The summed E-state index contributed by atoms with van der Waals surface area (Å²) >= 11 is 0. The van der Waals surface area contributed by atoms with Crippen LogP contribution in [0, 0.1) is 0 Å². The van der Waals surface area contributed by atoms with Gasteiger partial charge in [0.15, 0.2) is 0 Å². The van der Waals surface area contributed by atoms with Crippen LogP contribution in [-0.2, 0) is 4.74 Å². The lowest BCUT2D eigenvalue weighted by molar-refractivity contribution is 0.234. The maximum absolute atomic E-state index is 4.57. The van der Waals surface area contributed by atoms with Gasteiger partial charge in [-0.15, -0.1) is 23.6 Å². The molecule has 0 radical (unpaired) electrons. The van der Waals surface area contributed by atoms with E-state index in [0.29, 0.717) is 6.61 Å². The summed E-state index contributed by atoms with van der Waals surface area (Å²) < 4.78 is 4.57. The number of halogens is 1. The number of rotatable bonds is 2. The molecule has 0 rings (SSSR count). The Hall–Kier alpha value is 0.180. The Balaban J connectivity index is 0. The highest BCUT2D eigenvalue weighted by Gasteiger charge is 1.58. The number of ether oxygens (including phenoxy) is 1. The first-order valence-corrected chi connectivity index (χ1v) is 1.51. The van der Waals surface area contributed by atoms with Gasteiger partial charge in [-0.3, -0.25) is 0 Å². The molecule has 0 aliphatic rings. The van der Waals surface area contributed by atoms with Crippen molar-refractivity contribution >= 4 is 17.0 Å². The van der Waals surface area contributed by atoms with Crippen LogP contribution in [0.4, 0.5) is 0 Å². The normalized spacial score (nSPS) is 6.17. The Bertz CT molecular complexity index is 28.7. The molecule has 38 valence electrons. The summed E-state index contributed by atoms with van der Waals surface area (Å²) in [4.78, 5) is 0. The van der Waals surface area contributed by atoms with Crippen molar-refractivity contribution < 1.29 is 4.74 Å². The summed E-state index contributed by atoms with van der Waals surface area (Å²) in [5.41, 5.74) is 0. The van der Waals surface area contributed by atoms with E-state index in [0.717, 1.165) is 0 Å². The second kappa shape index (κ2) is 8.95. The Morgan fingerprint density at radius 3 is 2.33 bits per heavy atom. The van der Waals surface area contributed by atoms with E-state index in [1.807, 2.05) is 0 Å². The summed E-state index contributed by atoms with van der Waals surface area (Å²) in [6.45, 7) is 4.08. The smallest absolute Gasteiger partial charge is 0.0641 e. The molecule has 2 heteroatoms. The lowest BCUT2D eigenvalue weighted by Crippen LogP contribution is -1.76. The van der Waals surface area contributed by atoms with Gasteiger partial charge in [0.05, 0.1) is 6.61 Å². The largest absolute Gasteiger partial charge is 0.381 e. The van der Waals surface area contributed by atoms with Crippen LogP contribution in [0.1, 0.15) is 0 Å². The van der Waals surface area contributed by atoms with Gasteiger partial charge in [0, 0.05) is 7.11 Å².